The molecule has 0 aliphatic heterocycles. The Kier molecular flexibility index (Phi) is 7.24. The number of aliphatic carboxylic acids is 1. The number of hydrogen-bond donors (Lipinski definition) is 4. The zero-order chi connectivity index (χ0) is 22.2. The van der Waals surface area contributed by atoms with Crippen LogP contribution in [0.4, 0.5) is 4.79 Å². The fourth-order valence-electron chi connectivity index (χ4n) is 3.23. The summed E-state index contributed by atoms with van der Waals surface area (Å²) >= 11 is 0. The zero-order valence-electron chi connectivity index (χ0n) is 16.9. The molecule has 0 heterocycles. The number of carboxylic acids is 1. The predicted octanol–water partition coefficient (Wildman–Crippen LogP) is 3.27. The van der Waals surface area contributed by atoms with E-state index in [9.17, 15) is 19.8 Å². The maximum absolute atomic E-state index is 12.7. The zero-order valence-corrected chi connectivity index (χ0v) is 16.9. The molecule has 0 aliphatic rings. The van der Waals surface area contributed by atoms with Crippen molar-refractivity contribution < 1.29 is 24.5 Å². The number of methoxy groups -OCH3 is 1. The van der Waals surface area contributed by atoms with Gasteiger partial charge in [-0.2, -0.15) is 0 Å². The van der Waals surface area contributed by atoms with E-state index < -0.39 is 30.2 Å². The van der Waals surface area contributed by atoms with Gasteiger partial charge in [0.1, 0.15) is 11.9 Å². The number of hydrogen-bond acceptors (Lipinski definition) is 4. The Hall–Kier alpha value is -3.84. The number of benzene rings is 3. The molecule has 2 unspecified atom stereocenters. The van der Waals surface area contributed by atoms with Gasteiger partial charge in [-0.3, -0.25) is 0 Å². The van der Waals surface area contributed by atoms with Crippen LogP contribution in [0.1, 0.15) is 28.8 Å². The largest absolute Gasteiger partial charge is 0.497 e. The Morgan fingerprint density at radius 3 is 1.74 bits per heavy atom. The third-order valence-corrected chi connectivity index (χ3v) is 4.87. The van der Waals surface area contributed by atoms with E-state index in [1.165, 1.54) is 7.11 Å². The minimum absolute atomic E-state index is 0.344. The second-order valence-corrected chi connectivity index (χ2v) is 6.91. The van der Waals surface area contributed by atoms with Gasteiger partial charge in [0.05, 0.1) is 13.2 Å². The van der Waals surface area contributed by atoms with Gasteiger partial charge in [0.2, 0.25) is 0 Å². The molecular weight excluding hydrogens is 396 g/mol. The van der Waals surface area contributed by atoms with Crippen molar-refractivity contribution >= 4 is 12.0 Å². The molecule has 0 radical (unpaired) electrons. The topological polar surface area (TPSA) is 108 Å². The third-order valence-electron chi connectivity index (χ3n) is 4.87. The van der Waals surface area contributed by atoms with Gasteiger partial charge in [0.15, 0.2) is 6.04 Å². The molecule has 2 atom stereocenters. The Bertz CT molecular complexity index is 954. The monoisotopic (exact) mass is 420 g/mol. The maximum atomic E-state index is 12.7. The average molecular weight is 420 g/mol. The summed E-state index contributed by atoms with van der Waals surface area (Å²) in [4.78, 5) is 24.5. The number of aliphatic hydroxyl groups excluding tert-OH is 1. The Morgan fingerprint density at radius 1 is 0.774 bits per heavy atom. The molecular formula is C24H24N2O5. The van der Waals surface area contributed by atoms with Gasteiger partial charge < -0.3 is 25.6 Å². The highest BCUT2D eigenvalue weighted by Crippen LogP contribution is 2.23. The number of amides is 2. The van der Waals surface area contributed by atoms with Crippen LogP contribution >= 0.6 is 0 Å². The summed E-state index contributed by atoms with van der Waals surface area (Å²) in [6.45, 7) is 0. The number of carboxylic acid groups (broad SMARTS) is 1. The molecule has 0 bridgehead atoms. The molecule has 0 spiro atoms. The Balaban J connectivity index is 1.78. The minimum Gasteiger partial charge on any atom is -0.497 e. The highest BCUT2D eigenvalue weighted by Gasteiger charge is 2.30. The molecule has 31 heavy (non-hydrogen) atoms. The number of carbonyl (C=O) groups excluding carboxylic acids is 1. The van der Waals surface area contributed by atoms with Crippen molar-refractivity contribution in [3.05, 3.63) is 102 Å². The third kappa shape index (κ3) is 5.61. The first-order valence-corrected chi connectivity index (χ1v) is 9.71. The lowest BCUT2D eigenvalue weighted by Gasteiger charge is -2.24. The van der Waals surface area contributed by atoms with Crippen LogP contribution in [0.3, 0.4) is 0 Å². The molecule has 160 valence electrons. The van der Waals surface area contributed by atoms with Gasteiger partial charge in [-0.15, -0.1) is 0 Å². The number of aliphatic hydroxyl groups is 1. The Morgan fingerprint density at radius 2 is 1.29 bits per heavy atom. The van der Waals surface area contributed by atoms with Crippen molar-refractivity contribution in [2.24, 2.45) is 0 Å². The lowest BCUT2D eigenvalue weighted by Crippen LogP contribution is -2.49. The second kappa shape index (κ2) is 10.3. The standard InChI is InChI=1S/C24H24N2O5/c1-31-19-14-12-18(13-15-19)22(27)21(23(28)29)26-24(30)25-20(16-8-4-2-5-9-16)17-10-6-3-7-11-17/h2-15,20-22,27H,1H3,(H,28,29)(H2,25,26,30). The molecule has 3 aromatic rings. The summed E-state index contributed by atoms with van der Waals surface area (Å²) in [6, 6.07) is 22.3. The summed E-state index contributed by atoms with van der Waals surface area (Å²) in [6.07, 6.45) is -1.44. The minimum atomic E-state index is -1.54. The van der Waals surface area contributed by atoms with Crippen molar-refractivity contribution in [1.29, 1.82) is 0 Å². The molecule has 0 saturated heterocycles. The van der Waals surface area contributed by atoms with Crippen molar-refractivity contribution in [1.82, 2.24) is 10.6 Å². The van der Waals surface area contributed by atoms with E-state index in [0.29, 0.717) is 11.3 Å². The first kappa shape index (κ1) is 21.9. The van der Waals surface area contributed by atoms with Gasteiger partial charge in [-0.05, 0) is 28.8 Å². The average Bonchev–Trinajstić information content (AvgIpc) is 2.81. The molecule has 3 aromatic carbocycles. The van der Waals surface area contributed by atoms with E-state index >= 15 is 0 Å². The van der Waals surface area contributed by atoms with Crippen molar-refractivity contribution in [2.75, 3.05) is 7.11 Å². The number of ether oxygens (including phenoxy) is 1. The number of carbonyl (C=O) groups is 2. The molecule has 3 rings (SSSR count). The van der Waals surface area contributed by atoms with E-state index in [2.05, 4.69) is 10.6 Å². The first-order valence-electron chi connectivity index (χ1n) is 9.71. The summed E-state index contributed by atoms with van der Waals surface area (Å²) in [7, 11) is 1.51. The van der Waals surface area contributed by atoms with Crippen LogP contribution in [0.25, 0.3) is 0 Å². The quantitative estimate of drug-likeness (QED) is 0.447. The van der Waals surface area contributed by atoms with Crippen LogP contribution in [0, 0.1) is 0 Å². The van der Waals surface area contributed by atoms with E-state index in [4.69, 9.17) is 4.74 Å². The fourth-order valence-corrected chi connectivity index (χ4v) is 3.23. The highest BCUT2D eigenvalue weighted by molar-refractivity contribution is 5.83. The number of nitrogens with one attached hydrogen (secondary N) is 2. The van der Waals surface area contributed by atoms with E-state index in [1.54, 1.807) is 24.3 Å². The summed E-state index contributed by atoms with van der Waals surface area (Å²) in [5.74, 6) is -0.781. The van der Waals surface area contributed by atoms with E-state index in [-0.39, 0.29) is 0 Å². The lowest BCUT2D eigenvalue weighted by molar-refractivity contribution is -0.142. The second-order valence-electron chi connectivity index (χ2n) is 6.91. The molecule has 7 heteroatoms. The lowest BCUT2D eigenvalue weighted by atomic mass is 9.99. The fraction of sp³-hybridized carbons (Fsp3) is 0.167. The van der Waals surface area contributed by atoms with Gasteiger partial charge in [-0.25, -0.2) is 9.59 Å². The number of urea groups is 1. The SMILES string of the molecule is COc1ccc(C(O)C(NC(=O)NC(c2ccccc2)c2ccccc2)C(=O)O)cc1. The molecule has 0 fully saturated rings. The van der Waals surface area contributed by atoms with E-state index in [0.717, 1.165) is 11.1 Å². The summed E-state index contributed by atoms with van der Waals surface area (Å²) in [5.41, 5.74) is 2.02. The molecule has 0 aliphatic carbocycles. The van der Waals surface area contributed by atoms with E-state index in [1.807, 2.05) is 60.7 Å². The van der Waals surface area contributed by atoms with Gasteiger partial charge in [-0.1, -0.05) is 72.8 Å². The summed E-state index contributed by atoms with van der Waals surface area (Å²) in [5, 5.41) is 25.4. The Labute approximate surface area is 180 Å². The van der Waals surface area contributed by atoms with Gasteiger partial charge in [0.25, 0.3) is 0 Å². The van der Waals surface area contributed by atoms with Crippen LogP contribution < -0.4 is 15.4 Å². The van der Waals surface area contributed by atoms with Crippen molar-refractivity contribution in [2.45, 2.75) is 18.2 Å². The van der Waals surface area contributed by atoms with Crippen LogP contribution in [0.15, 0.2) is 84.9 Å². The highest BCUT2D eigenvalue weighted by atomic mass is 16.5. The smallest absolute Gasteiger partial charge is 0.329 e. The molecule has 2 amide bonds. The molecule has 7 nitrogen and oxygen atoms in total. The van der Waals surface area contributed by atoms with Crippen LogP contribution in [0.2, 0.25) is 0 Å². The normalized spacial score (nSPS) is 12.6. The maximum Gasteiger partial charge on any atom is 0.329 e. The predicted molar refractivity (Wildman–Crippen MR) is 116 cm³/mol. The molecule has 0 aromatic heterocycles. The van der Waals surface area contributed by atoms with Gasteiger partial charge >= 0.3 is 12.0 Å². The van der Waals surface area contributed by atoms with Crippen LogP contribution in [0.5, 0.6) is 5.75 Å². The molecule has 4 N–H and O–H groups in total. The summed E-state index contributed by atoms with van der Waals surface area (Å²) < 4.78 is 5.07. The van der Waals surface area contributed by atoms with Crippen molar-refractivity contribution in [3.63, 3.8) is 0 Å². The van der Waals surface area contributed by atoms with Crippen LogP contribution in [-0.2, 0) is 4.79 Å². The van der Waals surface area contributed by atoms with Gasteiger partial charge in [0, 0.05) is 0 Å². The first-order chi connectivity index (χ1) is 15.0. The van der Waals surface area contributed by atoms with Crippen LogP contribution in [-0.4, -0.2) is 35.4 Å². The molecule has 0 saturated carbocycles. The van der Waals surface area contributed by atoms with Crippen molar-refractivity contribution in [3.8, 4) is 5.75 Å². The number of rotatable bonds is 8.